The van der Waals surface area contributed by atoms with Crippen LogP contribution in [0.5, 0.6) is 0 Å². The highest BCUT2D eigenvalue weighted by Gasteiger charge is 2.28. The molecule has 3 nitrogen and oxygen atoms in total. The summed E-state index contributed by atoms with van der Waals surface area (Å²) in [6.45, 7) is 10.5. The third-order valence-electron chi connectivity index (χ3n) is 3.84. The van der Waals surface area contributed by atoms with E-state index < -0.39 is 0 Å². The van der Waals surface area contributed by atoms with Crippen molar-refractivity contribution in [3.05, 3.63) is 0 Å². The van der Waals surface area contributed by atoms with Gasteiger partial charge in [-0.25, -0.2) is 0 Å². The summed E-state index contributed by atoms with van der Waals surface area (Å²) in [5, 5.41) is 12.7. The van der Waals surface area contributed by atoms with E-state index in [2.05, 4.69) is 30.1 Å². The molecule has 1 aliphatic rings. The zero-order chi connectivity index (χ0) is 12.7. The first kappa shape index (κ1) is 14.5. The third kappa shape index (κ3) is 4.65. The lowest BCUT2D eigenvalue weighted by Crippen LogP contribution is -2.52. The first-order chi connectivity index (χ1) is 8.13. The Morgan fingerprint density at radius 3 is 2.47 bits per heavy atom. The highest BCUT2D eigenvalue weighted by molar-refractivity contribution is 5.06. The number of hydrogen-bond donors (Lipinski definition) is 1. The maximum Gasteiger partial charge on any atom is 0.116 e. The molecule has 0 spiro atoms. The molecule has 0 bridgehead atoms. The maximum atomic E-state index is 9.30. The second-order valence-corrected chi connectivity index (χ2v) is 5.50. The first-order valence-corrected chi connectivity index (χ1v) is 7.02. The average molecular weight is 237 g/mol. The van der Waals surface area contributed by atoms with Crippen molar-refractivity contribution in [1.82, 2.24) is 10.2 Å². The van der Waals surface area contributed by atoms with Gasteiger partial charge in [0.05, 0.1) is 6.07 Å². The van der Waals surface area contributed by atoms with Crippen molar-refractivity contribution in [3.63, 3.8) is 0 Å². The number of piperidine rings is 1. The fourth-order valence-corrected chi connectivity index (χ4v) is 2.53. The summed E-state index contributed by atoms with van der Waals surface area (Å²) >= 11 is 0. The molecule has 0 aliphatic carbocycles. The van der Waals surface area contributed by atoms with Crippen LogP contribution in [-0.4, -0.2) is 36.6 Å². The molecule has 98 valence electrons. The second-order valence-electron chi connectivity index (χ2n) is 5.50. The Hall–Kier alpha value is -0.590. The van der Waals surface area contributed by atoms with E-state index in [1.54, 1.807) is 0 Å². The van der Waals surface area contributed by atoms with E-state index in [4.69, 9.17) is 0 Å². The van der Waals surface area contributed by atoms with Crippen LogP contribution in [-0.2, 0) is 0 Å². The molecule has 0 aromatic heterocycles. The summed E-state index contributed by atoms with van der Waals surface area (Å²) in [6, 6.07) is 2.43. The standard InChI is InChI=1S/C14H27N3/c1-4-8-16-14(3,11-15)12-17-9-6-13(5-2)7-10-17/h13,16H,4-10,12H2,1-3H3. The number of nitriles is 1. The lowest BCUT2D eigenvalue weighted by Gasteiger charge is -2.36. The maximum absolute atomic E-state index is 9.30. The molecule has 0 aromatic rings. The molecule has 1 rings (SSSR count). The predicted molar refractivity (Wildman–Crippen MR) is 71.8 cm³/mol. The summed E-state index contributed by atoms with van der Waals surface area (Å²) in [5.41, 5.74) is -0.380. The van der Waals surface area contributed by atoms with E-state index in [1.165, 1.54) is 19.3 Å². The van der Waals surface area contributed by atoms with Gasteiger partial charge in [-0.1, -0.05) is 20.3 Å². The smallest absolute Gasteiger partial charge is 0.116 e. The summed E-state index contributed by atoms with van der Waals surface area (Å²) < 4.78 is 0. The number of likely N-dealkylation sites (tertiary alicyclic amines) is 1. The lowest BCUT2D eigenvalue weighted by atomic mass is 9.93. The van der Waals surface area contributed by atoms with Gasteiger partial charge in [0, 0.05) is 6.54 Å². The van der Waals surface area contributed by atoms with Gasteiger partial charge >= 0.3 is 0 Å². The molecule has 1 aliphatic heterocycles. The summed E-state index contributed by atoms with van der Waals surface area (Å²) in [7, 11) is 0. The van der Waals surface area contributed by atoms with Crippen LogP contribution in [0.2, 0.25) is 0 Å². The van der Waals surface area contributed by atoms with Crippen LogP contribution < -0.4 is 5.32 Å². The van der Waals surface area contributed by atoms with Crippen LogP contribution in [0, 0.1) is 17.2 Å². The van der Waals surface area contributed by atoms with Gasteiger partial charge in [-0.05, 0) is 51.7 Å². The van der Waals surface area contributed by atoms with Crippen LogP contribution in [0.25, 0.3) is 0 Å². The molecule has 0 amide bonds. The third-order valence-corrected chi connectivity index (χ3v) is 3.84. The molecule has 3 heteroatoms. The minimum atomic E-state index is -0.380. The Morgan fingerprint density at radius 2 is 2.00 bits per heavy atom. The van der Waals surface area contributed by atoms with E-state index in [0.29, 0.717) is 0 Å². The van der Waals surface area contributed by atoms with Crippen LogP contribution >= 0.6 is 0 Å². The average Bonchev–Trinajstić information content (AvgIpc) is 2.37. The van der Waals surface area contributed by atoms with Crippen molar-refractivity contribution in [2.75, 3.05) is 26.2 Å². The molecular formula is C14H27N3. The van der Waals surface area contributed by atoms with Crippen LogP contribution in [0.3, 0.4) is 0 Å². The van der Waals surface area contributed by atoms with E-state index in [9.17, 15) is 5.26 Å². The van der Waals surface area contributed by atoms with Crippen LogP contribution in [0.4, 0.5) is 0 Å². The molecule has 1 atom stereocenters. The Kier molecular flexibility index (Phi) is 5.94. The van der Waals surface area contributed by atoms with Gasteiger partial charge in [0.15, 0.2) is 0 Å². The number of hydrogen-bond acceptors (Lipinski definition) is 3. The SMILES string of the molecule is CCCNC(C)(C#N)CN1CCC(CC)CC1. The summed E-state index contributed by atoms with van der Waals surface area (Å²) in [4.78, 5) is 2.44. The van der Waals surface area contributed by atoms with E-state index in [1.807, 2.05) is 6.92 Å². The molecule has 1 fully saturated rings. The fraction of sp³-hybridized carbons (Fsp3) is 0.929. The lowest BCUT2D eigenvalue weighted by molar-refractivity contribution is 0.154. The van der Waals surface area contributed by atoms with Gasteiger partial charge in [0.1, 0.15) is 5.54 Å². The van der Waals surface area contributed by atoms with Gasteiger partial charge in [0.25, 0.3) is 0 Å². The normalized spacial score (nSPS) is 22.0. The van der Waals surface area contributed by atoms with Gasteiger partial charge in [0.2, 0.25) is 0 Å². The van der Waals surface area contributed by atoms with Gasteiger partial charge in [-0.2, -0.15) is 5.26 Å². The van der Waals surface area contributed by atoms with E-state index in [-0.39, 0.29) is 5.54 Å². The molecular weight excluding hydrogens is 210 g/mol. The van der Waals surface area contributed by atoms with Gasteiger partial charge in [-0.3, -0.25) is 5.32 Å². The van der Waals surface area contributed by atoms with E-state index >= 15 is 0 Å². The molecule has 0 saturated carbocycles. The molecule has 0 radical (unpaired) electrons. The summed E-state index contributed by atoms with van der Waals surface area (Å²) in [5.74, 6) is 0.906. The van der Waals surface area contributed by atoms with Gasteiger partial charge < -0.3 is 4.90 Å². The van der Waals surface area contributed by atoms with E-state index in [0.717, 1.165) is 38.5 Å². The first-order valence-electron chi connectivity index (χ1n) is 7.02. The molecule has 0 aromatic carbocycles. The topological polar surface area (TPSA) is 39.1 Å². The Labute approximate surface area is 106 Å². The van der Waals surface area contributed by atoms with Crippen molar-refractivity contribution < 1.29 is 0 Å². The number of nitrogens with zero attached hydrogens (tertiary/aromatic N) is 2. The predicted octanol–water partition coefficient (Wildman–Crippen LogP) is 2.39. The fourth-order valence-electron chi connectivity index (χ4n) is 2.53. The highest BCUT2D eigenvalue weighted by Crippen LogP contribution is 2.21. The Bertz CT molecular complexity index is 251. The van der Waals surface area contributed by atoms with Crippen molar-refractivity contribution in [2.24, 2.45) is 5.92 Å². The Morgan fingerprint density at radius 1 is 1.35 bits per heavy atom. The summed E-state index contributed by atoms with van der Waals surface area (Å²) in [6.07, 6.45) is 4.98. The Balaban J connectivity index is 2.39. The van der Waals surface area contributed by atoms with Crippen molar-refractivity contribution in [3.8, 4) is 6.07 Å². The molecule has 1 heterocycles. The molecule has 17 heavy (non-hydrogen) atoms. The zero-order valence-electron chi connectivity index (χ0n) is 11.6. The molecule has 1 saturated heterocycles. The largest absolute Gasteiger partial charge is 0.300 e. The monoisotopic (exact) mass is 237 g/mol. The van der Waals surface area contributed by atoms with Crippen molar-refractivity contribution in [2.45, 2.75) is 52.0 Å². The minimum Gasteiger partial charge on any atom is -0.300 e. The van der Waals surface area contributed by atoms with Crippen LogP contribution in [0.15, 0.2) is 0 Å². The van der Waals surface area contributed by atoms with Crippen molar-refractivity contribution in [1.29, 1.82) is 5.26 Å². The number of rotatable bonds is 6. The minimum absolute atomic E-state index is 0.380. The zero-order valence-corrected chi connectivity index (χ0v) is 11.6. The highest BCUT2D eigenvalue weighted by atomic mass is 15.2. The second kappa shape index (κ2) is 6.98. The number of nitrogens with one attached hydrogen (secondary N) is 1. The molecule has 1 unspecified atom stereocenters. The molecule has 1 N–H and O–H groups in total. The van der Waals surface area contributed by atoms with Gasteiger partial charge in [-0.15, -0.1) is 0 Å². The quantitative estimate of drug-likeness (QED) is 0.771. The van der Waals surface area contributed by atoms with Crippen LogP contribution in [0.1, 0.15) is 46.5 Å². The van der Waals surface area contributed by atoms with Crippen molar-refractivity contribution >= 4 is 0 Å².